The van der Waals surface area contributed by atoms with E-state index in [1.54, 1.807) is 24.3 Å². The number of aliphatic hydroxyl groups excluding tert-OH is 1. The Morgan fingerprint density at radius 3 is 2.22 bits per heavy atom. The molecule has 3 amide bonds. The van der Waals surface area contributed by atoms with Crippen LogP contribution in [0.5, 0.6) is 0 Å². The standard InChI is InChI=1S/C20H27N3O4/c24-15-14-21-10-12-22(13-11-21)18(25)8-2-1-5-9-23-19(26)16-6-3-4-7-17(16)20(23)27/h3-4,6-7,24H,1-2,5,8-15H2/p+1. The highest BCUT2D eigenvalue weighted by Gasteiger charge is 2.34. The fourth-order valence-electron chi connectivity index (χ4n) is 3.80. The lowest BCUT2D eigenvalue weighted by Gasteiger charge is -2.32. The number of benzene rings is 1. The van der Waals surface area contributed by atoms with Gasteiger partial charge in [0.1, 0.15) is 6.54 Å². The largest absolute Gasteiger partial charge is 0.391 e. The van der Waals surface area contributed by atoms with Crippen LogP contribution in [0.1, 0.15) is 46.4 Å². The number of quaternary nitrogens is 1. The summed E-state index contributed by atoms with van der Waals surface area (Å²) in [5, 5.41) is 8.98. The van der Waals surface area contributed by atoms with E-state index in [0.29, 0.717) is 30.5 Å². The molecule has 3 rings (SSSR count). The number of piperazine rings is 1. The van der Waals surface area contributed by atoms with Gasteiger partial charge in [0.05, 0.1) is 43.9 Å². The van der Waals surface area contributed by atoms with Gasteiger partial charge < -0.3 is 14.9 Å². The topological polar surface area (TPSA) is 82.4 Å². The third-order valence-corrected chi connectivity index (χ3v) is 5.44. The summed E-state index contributed by atoms with van der Waals surface area (Å²) in [6.45, 7) is 4.64. The first kappa shape index (κ1) is 19.5. The SMILES string of the molecule is O=C(CCCCCN1C(=O)c2ccccc2C1=O)N1CC[NH+](CCO)CC1. The summed E-state index contributed by atoms with van der Waals surface area (Å²) >= 11 is 0. The average molecular weight is 374 g/mol. The van der Waals surface area contributed by atoms with Gasteiger partial charge in [-0.2, -0.15) is 0 Å². The molecule has 1 aromatic rings. The third kappa shape index (κ3) is 4.54. The molecule has 146 valence electrons. The van der Waals surface area contributed by atoms with E-state index < -0.39 is 0 Å². The molecule has 1 aromatic carbocycles. The summed E-state index contributed by atoms with van der Waals surface area (Å²) in [5.41, 5.74) is 0.972. The number of hydrogen-bond acceptors (Lipinski definition) is 4. The van der Waals surface area contributed by atoms with E-state index in [9.17, 15) is 14.4 Å². The van der Waals surface area contributed by atoms with Gasteiger partial charge in [-0.3, -0.25) is 19.3 Å². The Bertz CT molecular complexity index is 663. The van der Waals surface area contributed by atoms with Gasteiger partial charge in [0.25, 0.3) is 11.8 Å². The van der Waals surface area contributed by atoms with Crippen LogP contribution in [0, 0.1) is 0 Å². The molecule has 2 N–H and O–H groups in total. The number of aliphatic hydroxyl groups is 1. The van der Waals surface area contributed by atoms with Crippen LogP contribution in [0.4, 0.5) is 0 Å². The molecule has 0 aliphatic carbocycles. The van der Waals surface area contributed by atoms with Crippen molar-refractivity contribution in [3.8, 4) is 0 Å². The second-order valence-electron chi connectivity index (χ2n) is 7.22. The van der Waals surface area contributed by atoms with Crippen LogP contribution >= 0.6 is 0 Å². The number of carbonyl (C=O) groups excluding carboxylic acids is 3. The highest BCUT2D eigenvalue weighted by Crippen LogP contribution is 2.22. The van der Waals surface area contributed by atoms with Crippen LogP contribution in [0.15, 0.2) is 24.3 Å². The molecule has 2 aliphatic rings. The molecule has 7 heteroatoms. The molecule has 0 bridgehead atoms. The second-order valence-corrected chi connectivity index (χ2v) is 7.22. The molecule has 0 aromatic heterocycles. The molecular formula is C20H28N3O4+. The first-order valence-electron chi connectivity index (χ1n) is 9.79. The van der Waals surface area contributed by atoms with Crippen molar-refractivity contribution in [2.75, 3.05) is 45.9 Å². The maximum Gasteiger partial charge on any atom is 0.261 e. The van der Waals surface area contributed by atoms with Crippen molar-refractivity contribution in [3.05, 3.63) is 35.4 Å². The Morgan fingerprint density at radius 1 is 1.00 bits per heavy atom. The van der Waals surface area contributed by atoms with E-state index in [2.05, 4.69) is 0 Å². The molecule has 0 saturated carbocycles. The fraction of sp³-hybridized carbons (Fsp3) is 0.550. The van der Waals surface area contributed by atoms with Crippen molar-refractivity contribution >= 4 is 17.7 Å². The van der Waals surface area contributed by atoms with Gasteiger partial charge in [-0.1, -0.05) is 18.6 Å². The Balaban J connectivity index is 1.34. The van der Waals surface area contributed by atoms with Crippen molar-refractivity contribution in [1.29, 1.82) is 0 Å². The highest BCUT2D eigenvalue weighted by molar-refractivity contribution is 6.21. The predicted molar refractivity (Wildman–Crippen MR) is 99.5 cm³/mol. The maximum atomic E-state index is 12.3. The van der Waals surface area contributed by atoms with Gasteiger partial charge in [-0.05, 0) is 25.0 Å². The lowest BCUT2D eigenvalue weighted by molar-refractivity contribution is -0.904. The number of carbonyl (C=O) groups is 3. The van der Waals surface area contributed by atoms with Crippen LogP contribution in [-0.4, -0.2) is 78.5 Å². The summed E-state index contributed by atoms with van der Waals surface area (Å²) in [6, 6.07) is 6.92. The van der Waals surface area contributed by atoms with Gasteiger partial charge in [-0.15, -0.1) is 0 Å². The smallest absolute Gasteiger partial charge is 0.261 e. The van der Waals surface area contributed by atoms with Gasteiger partial charge in [0.2, 0.25) is 5.91 Å². The number of imide groups is 1. The number of nitrogens with zero attached hydrogens (tertiary/aromatic N) is 2. The average Bonchev–Trinajstić information content (AvgIpc) is 2.93. The second kappa shape index (κ2) is 9.10. The molecule has 2 aliphatic heterocycles. The normalized spacial score (nSPS) is 17.5. The minimum atomic E-state index is -0.213. The van der Waals surface area contributed by atoms with Crippen LogP contribution in [0.25, 0.3) is 0 Å². The molecule has 1 saturated heterocycles. The fourth-order valence-corrected chi connectivity index (χ4v) is 3.80. The van der Waals surface area contributed by atoms with Crippen LogP contribution < -0.4 is 4.90 Å². The minimum absolute atomic E-state index is 0.179. The molecule has 2 heterocycles. The van der Waals surface area contributed by atoms with E-state index in [1.165, 1.54) is 9.80 Å². The molecule has 7 nitrogen and oxygen atoms in total. The number of hydrogen-bond donors (Lipinski definition) is 2. The summed E-state index contributed by atoms with van der Waals surface area (Å²) < 4.78 is 0. The summed E-state index contributed by atoms with van der Waals surface area (Å²) in [4.78, 5) is 41.4. The Hall–Kier alpha value is -2.25. The molecule has 0 unspecified atom stereocenters. The van der Waals surface area contributed by atoms with Gasteiger partial charge in [0, 0.05) is 13.0 Å². The lowest BCUT2D eigenvalue weighted by Crippen LogP contribution is -3.15. The van der Waals surface area contributed by atoms with Crippen LogP contribution in [-0.2, 0) is 4.79 Å². The summed E-state index contributed by atoms with van der Waals surface area (Å²) in [7, 11) is 0. The van der Waals surface area contributed by atoms with Crippen molar-refractivity contribution in [3.63, 3.8) is 0 Å². The van der Waals surface area contributed by atoms with Crippen LogP contribution in [0.2, 0.25) is 0 Å². The zero-order valence-corrected chi connectivity index (χ0v) is 15.7. The maximum absolute atomic E-state index is 12.3. The molecule has 27 heavy (non-hydrogen) atoms. The van der Waals surface area contributed by atoms with Crippen LogP contribution in [0.3, 0.4) is 0 Å². The number of unbranched alkanes of at least 4 members (excludes halogenated alkanes) is 2. The van der Waals surface area contributed by atoms with E-state index in [-0.39, 0.29) is 24.3 Å². The Morgan fingerprint density at radius 2 is 1.63 bits per heavy atom. The number of fused-ring (bicyclic) bond motifs is 1. The van der Waals surface area contributed by atoms with E-state index in [0.717, 1.165) is 45.6 Å². The highest BCUT2D eigenvalue weighted by atomic mass is 16.3. The molecule has 0 atom stereocenters. The zero-order valence-electron chi connectivity index (χ0n) is 15.7. The van der Waals surface area contributed by atoms with Crippen molar-refractivity contribution < 1.29 is 24.4 Å². The lowest BCUT2D eigenvalue weighted by atomic mass is 10.1. The van der Waals surface area contributed by atoms with E-state index in [1.807, 2.05) is 4.90 Å². The predicted octanol–water partition coefficient (Wildman–Crippen LogP) is -0.438. The first-order chi connectivity index (χ1) is 13.1. The third-order valence-electron chi connectivity index (χ3n) is 5.44. The Kier molecular flexibility index (Phi) is 6.58. The first-order valence-corrected chi connectivity index (χ1v) is 9.79. The van der Waals surface area contributed by atoms with Gasteiger partial charge in [-0.25, -0.2) is 0 Å². The van der Waals surface area contributed by atoms with Crippen molar-refractivity contribution in [1.82, 2.24) is 9.80 Å². The summed E-state index contributed by atoms with van der Waals surface area (Å²) in [5.74, 6) is -0.247. The molecule has 0 radical (unpaired) electrons. The molecule has 0 spiro atoms. The van der Waals surface area contributed by atoms with Gasteiger partial charge >= 0.3 is 0 Å². The number of rotatable bonds is 8. The molecular weight excluding hydrogens is 346 g/mol. The van der Waals surface area contributed by atoms with Crippen molar-refractivity contribution in [2.45, 2.75) is 25.7 Å². The zero-order chi connectivity index (χ0) is 19.2. The van der Waals surface area contributed by atoms with Gasteiger partial charge in [0.15, 0.2) is 0 Å². The Labute approximate surface area is 159 Å². The van der Waals surface area contributed by atoms with Crippen molar-refractivity contribution in [2.24, 2.45) is 0 Å². The minimum Gasteiger partial charge on any atom is -0.391 e. The summed E-state index contributed by atoms with van der Waals surface area (Å²) in [6.07, 6.45) is 2.81. The van der Waals surface area contributed by atoms with E-state index in [4.69, 9.17) is 5.11 Å². The number of amides is 3. The quantitative estimate of drug-likeness (QED) is 0.478. The number of nitrogens with one attached hydrogen (secondary N) is 1. The monoisotopic (exact) mass is 374 g/mol. The molecule has 1 fully saturated rings. The van der Waals surface area contributed by atoms with E-state index >= 15 is 0 Å².